The van der Waals surface area contributed by atoms with E-state index in [1.54, 1.807) is 0 Å². The third-order valence-corrected chi connectivity index (χ3v) is 6.22. The Hall–Kier alpha value is -0.900. The van der Waals surface area contributed by atoms with E-state index in [9.17, 15) is 9.59 Å². The van der Waals surface area contributed by atoms with Crippen LogP contribution < -0.4 is 5.32 Å². The number of nitrogens with one attached hydrogen (secondary N) is 1. The third-order valence-electron chi connectivity index (χ3n) is 6.22. The van der Waals surface area contributed by atoms with Crippen molar-refractivity contribution in [1.82, 2.24) is 10.2 Å². The molecule has 4 heteroatoms. The standard InChI is InChI=1S/C17H26N2O2/c20-15-1-3-19(4-2-15)11-16(21)18-17-8-12-5-13(9-17)7-14(6-12)10-17/h12-14H,1-11H2,(H,18,21). The number of likely N-dealkylation sites (tertiary alicyclic amines) is 1. The highest BCUT2D eigenvalue weighted by molar-refractivity contribution is 5.81. The monoisotopic (exact) mass is 290 g/mol. The summed E-state index contributed by atoms with van der Waals surface area (Å²) in [5, 5.41) is 3.42. The minimum absolute atomic E-state index is 0.122. The molecule has 4 saturated carbocycles. The molecule has 0 atom stereocenters. The van der Waals surface area contributed by atoms with Crippen LogP contribution in [0.3, 0.4) is 0 Å². The Kier molecular flexibility index (Phi) is 3.32. The first-order valence-corrected chi connectivity index (χ1v) is 8.65. The molecule has 5 rings (SSSR count). The number of rotatable bonds is 3. The van der Waals surface area contributed by atoms with Gasteiger partial charge in [0.2, 0.25) is 5.91 Å². The summed E-state index contributed by atoms with van der Waals surface area (Å²) >= 11 is 0. The molecule has 1 heterocycles. The van der Waals surface area contributed by atoms with E-state index >= 15 is 0 Å². The second-order valence-corrected chi connectivity index (χ2v) is 8.06. The van der Waals surface area contributed by atoms with Crippen LogP contribution in [0.2, 0.25) is 0 Å². The van der Waals surface area contributed by atoms with E-state index in [2.05, 4.69) is 10.2 Å². The molecule has 4 aliphatic carbocycles. The predicted octanol–water partition coefficient (Wildman–Crippen LogP) is 1.74. The molecule has 116 valence electrons. The molecule has 4 bridgehead atoms. The highest BCUT2D eigenvalue weighted by atomic mass is 16.2. The lowest BCUT2D eigenvalue weighted by molar-refractivity contribution is -0.130. The Bertz CT molecular complexity index is 414. The summed E-state index contributed by atoms with van der Waals surface area (Å²) in [7, 11) is 0. The van der Waals surface area contributed by atoms with Gasteiger partial charge in [0.05, 0.1) is 6.54 Å². The molecule has 1 aliphatic heterocycles. The van der Waals surface area contributed by atoms with E-state index in [1.165, 1.54) is 38.5 Å². The summed E-state index contributed by atoms with van der Waals surface area (Å²) in [6, 6.07) is 0. The fourth-order valence-corrected chi connectivity index (χ4v) is 5.76. The van der Waals surface area contributed by atoms with Crippen LogP contribution in [0.4, 0.5) is 0 Å². The van der Waals surface area contributed by atoms with Gasteiger partial charge in [-0.25, -0.2) is 0 Å². The second-order valence-electron chi connectivity index (χ2n) is 8.06. The van der Waals surface area contributed by atoms with Crippen LogP contribution in [0.15, 0.2) is 0 Å². The van der Waals surface area contributed by atoms with Crippen LogP contribution in [0.5, 0.6) is 0 Å². The molecule has 1 saturated heterocycles. The molecule has 0 radical (unpaired) electrons. The van der Waals surface area contributed by atoms with Crippen molar-refractivity contribution in [3.8, 4) is 0 Å². The van der Waals surface area contributed by atoms with E-state index in [0.717, 1.165) is 30.8 Å². The lowest BCUT2D eigenvalue weighted by Crippen LogP contribution is -2.61. The normalized spacial score (nSPS) is 42.3. The van der Waals surface area contributed by atoms with Gasteiger partial charge in [0.1, 0.15) is 5.78 Å². The lowest BCUT2D eigenvalue weighted by Gasteiger charge is -2.57. The van der Waals surface area contributed by atoms with E-state index in [-0.39, 0.29) is 11.4 Å². The first-order valence-electron chi connectivity index (χ1n) is 8.65. The molecule has 0 aromatic rings. The number of amides is 1. The molecule has 0 aromatic carbocycles. The smallest absolute Gasteiger partial charge is 0.234 e. The van der Waals surface area contributed by atoms with Crippen LogP contribution in [-0.2, 0) is 9.59 Å². The fourth-order valence-electron chi connectivity index (χ4n) is 5.76. The van der Waals surface area contributed by atoms with Crippen LogP contribution in [-0.4, -0.2) is 41.8 Å². The Balaban J connectivity index is 1.35. The zero-order valence-electron chi connectivity index (χ0n) is 12.8. The molecule has 5 fully saturated rings. The number of carbonyl (C=O) groups excluding carboxylic acids is 2. The van der Waals surface area contributed by atoms with Crippen molar-refractivity contribution in [2.24, 2.45) is 17.8 Å². The first-order chi connectivity index (χ1) is 10.1. The summed E-state index contributed by atoms with van der Waals surface area (Å²) in [5.74, 6) is 3.12. The van der Waals surface area contributed by atoms with Gasteiger partial charge in [-0.1, -0.05) is 0 Å². The van der Waals surface area contributed by atoms with Gasteiger partial charge in [-0.15, -0.1) is 0 Å². The largest absolute Gasteiger partial charge is 0.350 e. The first kappa shape index (κ1) is 13.7. The van der Waals surface area contributed by atoms with E-state index in [0.29, 0.717) is 25.2 Å². The van der Waals surface area contributed by atoms with Gasteiger partial charge >= 0.3 is 0 Å². The average Bonchev–Trinajstić information content (AvgIpc) is 2.39. The van der Waals surface area contributed by atoms with Gasteiger partial charge in [-0.2, -0.15) is 0 Å². The average molecular weight is 290 g/mol. The van der Waals surface area contributed by atoms with Crippen molar-refractivity contribution in [3.05, 3.63) is 0 Å². The van der Waals surface area contributed by atoms with Gasteiger partial charge in [0.15, 0.2) is 0 Å². The molecule has 1 amide bonds. The molecule has 0 unspecified atom stereocenters. The Labute approximate surface area is 126 Å². The highest BCUT2D eigenvalue weighted by Gasteiger charge is 2.51. The molecule has 1 N–H and O–H groups in total. The second kappa shape index (κ2) is 5.08. The van der Waals surface area contributed by atoms with E-state index < -0.39 is 0 Å². The maximum Gasteiger partial charge on any atom is 0.234 e. The Morgan fingerprint density at radius 1 is 1.05 bits per heavy atom. The molecule has 5 aliphatic rings. The van der Waals surface area contributed by atoms with Gasteiger partial charge in [0.25, 0.3) is 0 Å². The summed E-state index contributed by atoms with van der Waals surface area (Å²) in [4.78, 5) is 25.8. The van der Waals surface area contributed by atoms with E-state index in [1.807, 2.05) is 0 Å². The summed E-state index contributed by atoms with van der Waals surface area (Å²) in [6.45, 7) is 2.00. The van der Waals surface area contributed by atoms with Crippen LogP contribution in [0.25, 0.3) is 0 Å². The number of nitrogens with zero attached hydrogens (tertiary/aromatic N) is 1. The van der Waals surface area contributed by atoms with E-state index in [4.69, 9.17) is 0 Å². The minimum Gasteiger partial charge on any atom is -0.350 e. The fraction of sp³-hybridized carbons (Fsp3) is 0.882. The summed E-state index contributed by atoms with van der Waals surface area (Å²) in [5.41, 5.74) is 0.122. The zero-order chi connectivity index (χ0) is 14.4. The SMILES string of the molecule is O=C1CCN(CC(=O)NC23CC4CC(CC(C4)C2)C3)CC1. The summed E-state index contributed by atoms with van der Waals surface area (Å²) < 4.78 is 0. The van der Waals surface area contributed by atoms with Gasteiger partial charge in [-0.3, -0.25) is 14.5 Å². The van der Waals surface area contributed by atoms with Crippen molar-refractivity contribution in [3.63, 3.8) is 0 Å². The van der Waals surface area contributed by atoms with Crippen molar-refractivity contribution < 1.29 is 9.59 Å². The van der Waals surface area contributed by atoms with Gasteiger partial charge in [0, 0.05) is 31.5 Å². The van der Waals surface area contributed by atoms with Gasteiger partial charge < -0.3 is 5.32 Å². The Morgan fingerprint density at radius 3 is 2.10 bits per heavy atom. The molecule has 0 aromatic heterocycles. The number of carbonyl (C=O) groups is 2. The van der Waals surface area contributed by atoms with Crippen molar-refractivity contribution in [1.29, 1.82) is 0 Å². The molecular weight excluding hydrogens is 264 g/mol. The quantitative estimate of drug-likeness (QED) is 0.861. The van der Waals surface area contributed by atoms with Crippen LogP contribution >= 0.6 is 0 Å². The Morgan fingerprint density at radius 2 is 1.57 bits per heavy atom. The topological polar surface area (TPSA) is 49.4 Å². The van der Waals surface area contributed by atoms with Crippen LogP contribution in [0.1, 0.15) is 51.4 Å². The van der Waals surface area contributed by atoms with Gasteiger partial charge in [-0.05, 0) is 56.3 Å². The molecule has 4 nitrogen and oxygen atoms in total. The predicted molar refractivity (Wildman–Crippen MR) is 79.7 cm³/mol. The minimum atomic E-state index is 0.122. The maximum atomic E-state index is 12.4. The van der Waals surface area contributed by atoms with Crippen LogP contribution in [0, 0.1) is 17.8 Å². The molecular formula is C17H26N2O2. The number of Topliss-reactive ketones (excluding diaryl/α,β-unsaturated/α-hetero) is 1. The maximum absolute atomic E-state index is 12.4. The molecule has 0 spiro atoms. The lowest BCUT2D eigenvalue weighted by atomic mass is 9.53. The third kappa shape index (κ3) is 2.75. The summed E-state index contributed by atoms with van der Waals surface area (Å²) in [6.07, 6.45) is 9.08. The highest BCUT2D eigenvalue weighted by Crippen LogP contribution is 2.55. The van der Waals surface area contributed by atoms with Crippen molar-refractivity contribution in [2.75, 3.05) is 19.6 Å². The van der Waals surface area contributed by atoms with Crippen molar-refractivity contribution >= 4 is 11.7 Å². The number of hydrogen-bond acceptors (Lipinski definition) is 3. The zero-order valence-corrected chi connectivity index (χ0v) is 12.8. The number of hydrogen-bond donors (Lipinski definition) is 1. The van der Waals surface area contributed by atoms with Crippen molar-refractivity contribution in [2.45, 2.75) is 56.9 Å². The number of ketones is 1. The molecule has 21 heavy (non-hydrogen) atoms. The number of piperidine rings is 1.